The number of thiazole rings is 1. The van der Waals surface area contributed by atoms with E-state index >= 15 is 0 Å². The van der Waals surface area contributed by atoms with Gasteiger partial charge in [0, 0.05) is 11.6 Å². The molecule has 0 aliphatic carbocycles. The summed E-state index contributed by atoms with van der Waals surface area (Å²) in [6.45, 7) is -0.0270. The zero-order chi connectivity index (χ0) is 14.9. The first kappa shape index (κ1) is 13.2. The van der Waals surface area contributed by atoms with E-state index in [1.165, 1.54) is 11.1 Å². The van der Waals surface area contributed by atoms with Crippen LogP contribution in [0.25, 0.3) is 27.3 Å². The first-order valence-electron chi connectivity index (χ1n) is 7.07. The van der Waals surface area contributed by atoms with Crippen molar-refractivity contribution < 1.29 is 5.11 Å². The monoisotopic (exact) mass is 306 g/mol. The predicted molar refractivity (Wildman–Crippen MR) is 89.9 cm³/mol. The number of hydrogen-bond acceptors (Lipinski definition) is 3. The highest BCUT2D eigenvalue weighted by atomic mass is 32.1. The van der Waals surface area contributed by atoms with Crippen molar-refractivity contribution in [1.29, 1.82) is 0 Å². The number of fused-ring (bicyclic) bond motifs is 1. The van der Waals surface area contributed by atoms with Crippen LogP contribution in [0, 0.1) is 0 Å². The average molecular weight is 306 g/mol. The molecule has 1 N–H and O–H groups in total. The molecule has 0 aliphatic rings. The van der Waals surface area contributed by atoms with Crippen molar-refractivity contribution >= 4 is 16.3 Å². The minimum absolute atomic E-state index is 0.0270. The SMILES string of the molecule is OCc1cn2c(-c3ccc(-c4ccccc4)cc3)csc2n1. The van der Waals surface area contributed by atoms with E-state index in [0.717, 1.165) is 16.2 Å². The summed E-state index contributed by atoms with van der Waals surface area (Å²) in [4.78, 5) is 5.28. The Hall–Kier alpha value is -2.43. The molecule has 4 aromatic rings. The summed E-state index contributed by atoms with van der Waals surface area (Å²) in [5.41, 5.74) is 5.38. The number of aromatic nitrogens is 2. The highest BCUT2D eigenvalue weighted by molar-refractivity contribution is 7.15. The number of hydrogen-bond donors (Lipinski definition) is 1. The van der Waals surface area contributed by atoms with Gasteiger partial charge in [-0.05, 0) is 16.7 Å². The minimum atomic E-state index is -0.0270. The van der Waals surface area contributed by atoms with Crippen LogP contribution in [0.2, 0.25) is 0 Å². The van der Waals surface area contributed by atoms with Crippen LogP contribution in [-0.2, 0) is 6.61 Å². The van der Waals surface area contributed by atoms with Gasteiger partial charge < -0.3 is 5.11 Å². The second-order valence-electron chi connectivity index (χ2n) is 5.11. The van der Waals surface area contributed by atoms with Gasteiger partial charge in [-0.1, -0.05) is 54.6 Å². The molecule has 0 saturated carbocycles. The highest BCUT2D eigenvalue weighted by Gasteiger charge is 2.09. The Labute approximate surface area is 132 Å². The molecule has 2 aromatic heterocycles. The molecule has 0 bridgehead atoms. The van der Waals surface area contributed by atoms with Gasteiger partial charge in [0.25, 0.3) is 0 Å². The van der Waals surface area contributed by atoms with Crippen molar-refractivity contribution in [2.45, 2.75) is 6.61 Å². The Kier molecular flexibility index (Phi) is 3.25. The molecule has 0 unspecified atom stereocenters. The molecule has 0 fully saturated rings. The summed E-state index contributed by atoms with van der Waals surface area (Å²) in [5.74, 6) is 0. The molecule has 0 radical (unpaired) electrons. The van der Waals surface area contributed by atoms with Crippen molar-refractivity contribution in [3.05, 3.63) is 71.9 Å². The first-order valence-corrected chi connectivity index (χ1v) is 7.95. The summed E-state index contributed by atoms with van der Waals surface area (Å²) >= 11 is 1.59. The van der Waals surface area contributed by atoms with Gasteiger partial charge in [0.05, 0.1) is 18.0 Å². The smallest absolute Gasteiger partial charge is 0.194 e. The van der Waals surface area contributed by atoms with E-state index in [0.29, 0.717) is 5.69 Å². The van der Waals surface area contributed by atoms with Crippen LogP contribution < -0.4 is 0 Å². The number of benzene rings is 2. The molecule has 3 nitrogen and oxygen atoms in total. The maximum Gasteiger partial charge on any atom is 0.194 e. The molecule has 0 saturated heterocycles. The molecule has 0 aliphatic heterocycles. The molecule has 4 heteroatoms. The predicted octanol–water partition coefficient (Wildman–Crippen LogP) is 4.22. The highest BCUT2D eigenvalue weighted by Crippen LogP contribution is 2.28. The number of aliphatic hydroxyl groups is 1. The molecule has 2 aromatic carbocycles. The fourth-order valence-corrected chi connectivity index (χ4v) is 3.48. The van der Waals surface area contributed by atoms with Gasteiger partial charge in [-0.3, -0.25) is 4.40 Å². The van der Waals surface area contributed by atoms with Gasteiger partial charge >= 0.3 is 0 Å². The minimum Gasteiger partial charge on any atom is -0.390 e. The lowest BCUT2D eigenvalue weighted by Crippen LogP contribution is -1.85. The van der Waals surface area contributed by atoms with E-state index in [1.54, 1.807) is 11.3 Å². The standard InChI is InChI=1S/C18H14N2OS/c21-11-16-10-20-17(12-22-18(20)19-16)15-8-6-14(7-9-15)13-4-2-1-3-5-13/h1-10,12,21H,11H2. The normalized spacial score (nSPS) is 11.1. The number of nitrogens with zero attached hydrogens (tertiary/aromatic N) is 2. The van der Waals surface area contributed by atoms with Crippen LogP contribution in [0.15, 0.2) is 66.2 Å². The Morgan fingerprint density at radius 2 is 1.59 bits per heavy atom. The zero-order valence-electron chi connectivity index (χ0n) is 11.8. The molecule has 0 spiro atoms. The third kappa shape index (κ3) is 2.22. The lowest BCUT2D eigenvalue weighted by atomic mass is 10.0. The van der Waals surface area contributed by atoms with E-state index in [9.17, 15) is 5.11 Å². The van der Waals surface area contributed by atoms with Gasteiger partial charge in [-0.2, -0.15) is 0 Å². The average Bonchev–Trinajstić information content (AvgIpc) is 3.16. The summed E-state index contributed by atoms with van der Waals surface area (Å²) in [7, 11) is 0. The summed E-state index contributed by atoms with van der Waals surface area (Å²) in [6, 6.07) is 18.9. The van der Waals surface area contributed by atoms with Crippen LogP contribution in [0.5, 0.6) is 0 Å². The van der Waals surface area contributed by atoms with Crippen molar-refractivity contribution in [3.8, 4) is 22.4 Å². The molecule has 4 rings (SSSR count). The van der Waals surface area contributed by atoms with Crippen molar-refractivity contribution in [1.82, 2.24) is 9.38 Å². The summed E-state index contributed by atoms with van der Waals surface area (Å²) < 4.78 is 2.04. The third-order valence-corrected chi connectivity index (χ3v) is 4.55. The van der Waals surface area contributed by atoms with Crippen molar-refractivity contribution in [2.75, 3.05) is 0 Å². The van der Waals surface area contributed by atoms with E-state index in [4.69, 9.17) is 0 Å². The molecule has 0 amide bonds. The van der Waals surface area contributed by atoms with Crippen LogP contribution in [0.3, 0.4) is 0 Å². The summed E-state index contributed by atoms with van der Waals surface area (Å²) in [5, 5.41) is 11.3. The van der Waals surface area contributed by atoms with Crippen LogP contribution in [0.4, 0.5) is 0 Å². The van der Waals surface area contributed by atoms with Crippen LogP contribution in [-0.4, -0.2) is 14.5 Å². The number of aliphatic hydroxyl groups excluding tert-OH is 1. The van der Waals surface area contributed by atoms with Gasteiger partial charge in [0.1, 0.15) is 0 Å². The third-order valence-electron chi connectivity index (χ3n) is 3.71. The summed E-state index contributed by atoms with van der Waals surface area (Å²) in [6.07, 6.45) is 1.90. The second-order valence-corrected chi connectivity index (χ2v) is 5.94. The maximum absolute atomic E-state index is 9.21. The van der Waals surface area contributed by atoms with E-state index in [2.05, 4.69) is 46.8 Å². The van der Waals surface area contributed by atoms with Crippen molar-refractivity contribution in [2.24, 2.45) is 0 Å². The Bertz CT molecular complexity index is 907. The van der Waals surface area contributed by atoms with Gasteiger partial charge in [0.2, 0.25) is 0 Å². The number of imidazole rings is 1. The quantitative estimate of drug-likeness (QED) is 0.615. The Morgan fingerprint density at radius 1 is 0.909 bits per heavy atom. The zero-order valence-corrected chi connectivity index (χ0v) is 12.6. The molecular weight excluding hydrogens is 292 g/mol. The van der Waals surface area contributed by atoms with E-state index < -0.39 is 0 Å². The second kappa shape index (κ2) is 5.40. The lowest BCUT2D eigenvalue weighted by molar-refractivity contribution is 0.277. The molecular formula is C18H14N2OS. The molecule has 0 atom stereocenters. The van der Waals surface area contributed by atoms with Crippen LogP contribution in [0.1, 0.15) is 5.69 Å². The maximum atomic E-state index is 9.21. The number of rotatable bonds is 3. The van der Waals surface area contributed by atoms with Gasteiger partial charge in [0.15, 0.2) is 4.96 Å². The largest absolute Gasteiger partial charge is 0.390 e. The molecule has 22 heavy (non-hydrogen) atoms. The fourth-order valence-electron chi connectivity index (χ4n) is 2.58. The van der Waals surface area contributed by atoms with Gasteiger partial charge in [-0.25, -0.2) is 4.98 Å². The molecule has 2 heterocycles. The topological polar surface area (TPSA) is 37.5 Å². The Balaban J connectivity index is 1.74. The fraction of sp³-hybridized carbons (Fsp3) is 0.0556. The van der Waals surface area contributed by atoms with E-state index in [1.807, 2.05) is 28.8 Å². The first-order chi connectivity index (χ1) is 10.8. The molecule has 108 valence electrons. The lowest BCUT2D eigenvalue weighted by Gasteiger charge is -2.04. The van der Waals surface area contributed by atoms with Crippen molar-refractivity contribution in [3.63, 3.8) is 0 Å². The Morgan fingerprint density at radius 3 is 2.32 bits per heavy atom. The van der Waals surface area contributed by atoms with E-state index in [-0.39, 0.29) is 6.61 Å². The van der Waals surface area contributed by atoms with Gasteiger partial charge in [-0.15, -0.1) is 11.3 Å². The van der Waals surface area contributed by atoms with Crippen LogP contribution >= 0.6 is 11.3 Å².